The van der Waals surface area contributed by atoms with Crippen LogP contribution in [0.3, 0.4) is 0 Å². The van der Waals surface area contributed by atoms with Gasteiger partial charge in [-0.15, -0.1) is 0 Å². The van der Waals surface area contributed by atoms with Crippen LogP contribution in [-0.2, 0) is 0 Å². The summed E-state index contributed by atoms with van der Waals surface area (Å²) >= 11 is 0. The molecule has 32 heavy (non-hydrogen) atoms. The lowest BCUT2D eigenvalue weighted by atomic mass is 9.98. The molecule has 172 valence electrons. The van der Waals surface area contributed by atoms with Gasteiger partial charge in [0.1, 0.15) is 11.5 Å². The number of allylic oxidation sites excluding steroid dienone is 1. The Morgan fingerprint density at radius 2 is 1.34 bits per heavy atom. The number of carbonyl (C=O) groups is 2. The Balaban J connectivity index is 2.37. The Labute approximate surface area is 192 Å². The standard InChI is InChI=1S/C27H35NO4/c1-17(2)23-15-22(25(31-18(3)4)16-26(23)32-19(5)6)13-14-24(29)20-9-11-21(12-10-20)27(30)28(7)8/h9-19H,1-8H3. The highest BCUT2D eigenvalue weighted by Crippen LogP contribution is 2.35. The van der Waals surface area contributed by atoms with Crippen LogP contribution in [0.5, 0.6) is 11.5 Å². The van der Waals surface area contributed by atoms with Crippen LogP contribution < -0.4 is 9.47 Å². The van der Waals surface area contributed by atoms with E-state index in [2.05, 4.69) is 13.8 Å². The van der Waals surface area contributed by atoms with E-state index in [4.69, 9.17) is 9.47 Å². The van der Waals surface area contributed by atoms with Gasteiger partial charge in [0.15, 0.2) is 5.78 Å². The SMILES string of the molecule is CC(C)Oc1cc(OC(C)C)c(C(C)C)cc1C=CC(=O)c1ccc(C(=O)N(C)C)cc1. The van der Waals surface area contributed by atoms with Crippen molar-refractivity contribution < 1.29 is 19.1 Å². The van der Waals surface area contributed by atoms with E-state index in [1.54, 1.807) is 50.5 Å². The minimum Gasteiger partial charge on any atom is -0.491 e. The summed E-state index contributed by atoms with van der Waals surface area (Å²) in [6.45, 7) is 12.2. The highest BCUT2D eigenvalue weighted by atomic mass is 16.5. The largest absolute Gasteiger partial charge is 0.491 e. The summed E-state index contributed by atoms with van der Waals surface area (Å²) in [5, 5.41) is 0. The van der Waals surface area contributed by atoms with E-state index in [9.17, 15) is 9.59 Å². The van der Waals surface area contributed by atoms with Gasteiger partial charge >= 0.3 is 0 Å². The fraction of sp³-hybridized carbons (Fsp3) is 0.407. The van der Waals surface area contributed by atoms with Crippen molar-refractivity contribution in [3.63, 3.8) is 0 Å². The molecule has 0 aliphatic carbocycles. The van der Waals surface area contributed by atoms with Crippen LogP contribution in [0, 0.1) is 0 Å². The summed E-state index contributed by atoms with van der Waals surface area (Å²) in [4.78, 5) is 26.3. The lowest BCUT2D eigenvalue weighted by Crippen LogP contribution is -2.21. The Morgan fingerprint density at radius 3 is 1.84 bits per heavy atom. The maximum atomic E-state index is 12.8. The number of hydrogen-bond donors (Lipinski definition) is 0. The van der Waals surface area contributed by atoms with Crippen molar-refractivity contribution in [1.82, 2.24) is 4.90 Å². The van der Waals surface area contributed by atoms with E-state index in [1.807, 2.05) is 39.8 Å². The molecule has 2 rings (SSSR count). The monoisotopic (exact) mass is 437 g/mol. The molecular weight excluding hydrogens is 402 g/mol. The Morgan fingerprint density at radius 1 is 0.812 bits per heavy atom. The summed E-state index contributed by atoms with van der Waals surface area (Å²) in [6.07, 6.45) is 3.35. The van der Waals surface area contributed by atoms with E-state index in [0.717, 1.165) is 16.9 Å². The second-order valence-electron chi connectivity index (χ2n) is 8.89. The molecule has 2 aromatic carbocycles. The third-order valence-corrected chi connectivity index (χ3v) is 4.73. The minimum absolute atomic E-state index is 0.0172. The van der Waals surface area contributed by atoms with Gasteiger partial charge in [-0.05, 0) is 69.5 Å². The molecule has 0 heterocycles. The minimum atomic E-state index is -0.141. The number of nitrogens with zero attached hydrogens (tertiary/aromatic N) is 1. The van der Waals surface area contributed by atoms with Crippen molar-refractivity contribution >= 4 is 17.8 Å². The van der Waals surface area contributed by atoms with Crippen molar-refractivity contribution in [3.8, 4) is 11.5 Å². The first kappa shape index (κ1) is 25.2. The highest BCUT2D eigenvalue weighted by molar-refractivity contribution is 6.07. The molecule has 2 aromatic rings. The molecule has 0 atom stereocenters. The van der Waals surface area contributed by atoms with Gasteiger partial charge in [-0.3, -0.25) is 9.59 Å². The predicted molar refractivity (Wildman–Crippen MR) is 130 cm³/mol. The second-order valence-corrected chi connectivity index (χ2v) is 8.89. The molecule has 5 heteroatoms. The maximum absolute atomic E-state index is 12.8. The molecule has 1 amide bonds. The van der Waals surface area contributed by atoms with E-state index >= 15 is 0 Å². The first-order chi connectivity index (χ1) is 15.0. The first-order valence-electron chi connectivity index (χ1n) is 11.0. The maximum Gasteiger partial charge on any atom is 0.253 e. The summed E-state index contributed by atoms with van der Waals surface area (Å²) in [7, 11) is 3.40. The number of benzene rings is 2. The van der Waals surface area contributed by atoms with Gasteiger partial charge in [-0.1, -0.05) is 26.0 Å². The van der Waals surface area contributed by atoms with Gasteiger partial charge in [0.05, 0.1) is 12.2 Å². The second kappa shape index (κ2) is 11.0. The molecule has 0 aromatic heterocycles. The van der Waals surface area contributed by atoms with Crippen LogP contribution in [0.4, 0.5) is 0 Å². The fourth-order valence-corrected chi connectivity index (χ4v) is 3.19. The molecule has 0 saturated heterocycles. The number of ether oxygens (including phenoxy) is 2. The quantitative estimate of drug-likeness (QED) is 0.358. The fourth-order valence-electron chi connectivity index (χ4n) is 3.19. The molecule has 0 N–H and O–H groups in total. The average Bonchev–Trinajstić information content (AvgIpc) is 2.71. The van der Waals surface area contributed by atoms with Gasteiger partial charge in [-0.2, -0.15) is 0 Å². The van der Waals surface area contributed by atoms with Crippen molar-refractivity contribution in [2.24, 2.45) is 0 Å². The van der Waals surface area contributed by atoms with Crippen LogP contribution in [-0.4, -0.2) is 42.9 Å². The summed E-state index contributed by atoms with van der Waals surface area (Å²) in [5.74, 6) is 1.49. The molecule has 0 saturated carbocycles. The van der Waals surface area contributed by atoms with Crippen LogP contribution in [0.1, 0.15) is 79.3 Å². The van der Waals surface area contributed by atoms with Crippen LogP contribution in [0.15, 0.2) is 42.5 Å². The van der Waals surface area contributed by atoms with Crippen molar-refractivity contribution in [1.29, 1.82) is 0 Å². The number of ketones is 1. The molecule has 0 spiro atoms. The smallest absolute Gasteiger partial charge is 0.253 e. The van der Waals surface area contributed by atoms with Gasteiger partial charge in [0.25, 0.3) is 5.91 Å². The van der Waals surface area contributed by atoms with Gasteiger partial charge in [-0.25, -0.2) is 0 Å². The number of carbonyl (C=O) groups excluding carboxylic acids is 2. The first-order valence-corrected chi connectivity index (χ1v) is 11.0. The summed E-state index contributed by atoms with van der Waals surface area (Å²) < 4.78 is 12.0. The van der Waals surface area contributed by atoms with Gasteiger partial charge < -0.3 is 14.4 Å². The van der Waals surface area contributed by atoms with Gasteiger partial charge in [0, 0.05) is 36.9 Å². The van der Waals surface area contributed by atoms with E-state index in [1.165, 1.54) is 4.90 Å². The zero-order valence-electron chi connectivity index (χ0n) is 20.4. The molecular formula is C27H35NO4. The third kappa shape index (κ3) is 6.71. The van der Waals surface area contributed by atoms with Crippen LogP contribution in [0.2, 0.25) is 0 Å². The molecule has 5 nitrogen and oxygen atoms in total. The molecule has 0 bridgehead atoms. The van der Waals surface area contributed by atoms with Gasteiger partial charge in [0.2, 0.25) is 0 Å². The Hall–Kier alpha value is -3.08. The predicted octanol–water partition coefficient (Wildman–Crippen LogP) is 5.98. The molecule has 0 aliphatic rings. The summed E-state index contributed by atoms with van der Waals surface area (Å²) in [5.41, 5.74) is 2.96. The Kier molecular flexibility index (Phi) is 8.64. The van der Waals surface area contributed by atoms with E-state index in [0.29, 0.717) is 16.9 Å². The zero-order chi connectivity index (χ0) is 24.0. The third-order valence-electron chi connectivity index (χ3n) is 4.73. The topological polar surface area (TPSA) is 55.8 Å². The van der Waals surface area contributed by atoms with E-state index in [-0.39, 0.29) is 29.8 Å². The van der Waals surface area contributed by atoms with Crippen LogP contribution >= 0.6 is 0 Å². The van der Waals surface area contributed by atoms with Crippen molar-refractivity contribution in [2.45, 2.75) is 59.7 Å². The highest BCUT2D eigenvalue weighted by Gasteiger charge is 2.16. The molecule has 0 aliphatic heterocycles. The summed E-state index contributed by atoms with van der Waals surface area (Å²) in [6, 6.07) is 10.6. The number of amides is 1. The van der Waals surface area contributed by atoms with E-state index < -0.39 is 0 Å². The lowest BCUT2D eigenvalue weighted by molar-refractivity contribution is 0.0827. The zero-order valence-corrected chi connectivity index (χ0v) is 20.4. The average molecular weight is 438 g/mol. The normalized spacial score (nSPS) is 11.5. The number of rotatable bonds is 9. The van der Waals surface area contributed by atoms with Crippen molar-refractivity contribution in [3.05, 3.63) is 64.7 Å². The Bertz CT molecular complexity index is 970. The molecule has 0 fully saturated rings. The number of hydrogen-bond acceptors (Lipinski definition) is 4. The van der Waals surface area contributed by atoms with Crippen LogP contribution in [0.25, 0.3) is 6.08 Å². The molecule has 0 unspecified atom stereocenters. The molecule has 0 radical (unpaired) electrons. The lowest BCUT2D eigenvalue weighted by Gasteiger charge is -2.21. The van der Waals surface area contributed by atoms with Crippen molar-refractivity contribution in [2.75, 3.05) is 14.1 Å².